The second kappa shape index (κ2) is 7.60. The summed E-state index contributed by atoms with van der Waals surface area (Å²) >= 11 is 0. The van der Waals surface area contributed by atoms with Crippen LogP contribution in [-0.2, 0) is 16.0 Å². The van der Waals surface area contributed by atoms with Crippen LogP contribution in [0.4, 0.5) is 11.4 Å². The number of benzene rings is 2. The van der Waals surface area contributed by atoms with E-state index in [2.05, 4.69) is 10.6 Å². The molecule has 136 valence electrons. The number of hydrogen-bond acceptors (Lipinski definition) is 3. The Hall–Kier alpha value is -2.82. The molecule has 5 nitrogen and oxygen atoms in total. The smallest absolute Gasteiger partial charge is 0.232 e. The van der Waals surface area contributed by atoms with Gasteiger partial charge in [0.05, 0.1) is 18.9 Å². The molecule has 1 heterocycles. The van der Waals surface area contributed by atoms with Gasteiger partial charge < -0.3 is 15.4 Å². The summed E-state index contributed by atoms with van der Waals surface area (Å²) in [4.78, 5) is 24.5. The lowest BCUT2D eigenvalue weighted by Gasteiger charge is -2.14. The van der Waals surface area contributed by atoms with Crippen molar-refractivity contribution in [3.8, 4) is 5.75 Å². The van der Waals surface area contributed by atoms with E-state index in [0.717, 1.165) is 22.6 Å². The zero-order valence-electron chi connectivity index (χ0n) is 15.3. The van der Waals surface area contributed by atoms with E-state index < -0.39 is 0 Å². The molecule has 5 heteroatoms. The highest BCUT2D eigenvalue weighted by Crippen LogP contribution is 2.38. The summed E-state index contributed by atoms with van der Waals surface area (Å²) in [7, 11) is 0. The summed E-state index contributed by atoms with van der Waals surface area (Å²) < 4.78 is 5.41. The zero-order valence-corrected chi connectivity index (χ0v) is 15.3. The quantitative estimate of drug-likeness (QED) is 0.827. The highest BCUT2D eigenvalue weighted by molar-refractivity contribution is 6.04. The van der Waals surface area contributed by atoms with Gasteiger partial charge in [-0.15, -0.1) is 0 Å². The van der Waals surface area contributed by atoms with Crippen LogP contribution in [0.2, 0.25) is 0 Å². The second-order valence-corrected chi connectivity index (χ2v) is 6.81. The van der Waals surface area contributed by atoms with Crippen molar-refractivity contribution >= 4 is 23.2 Å². The van der Waals surface area contributed by atoms with Crippen LogP contribution in [0.1, 0.15) is 37.8 Å². The Morgan fingerprint density at radius 2 is 1.92 bits per heavy atom. The standard InChI is InChI=1S/C21H24N2O3/c1-4-26-16-8-5-14(6-9-16)11-19(24)22-15-7-10-18-17(12-15)20(13(2)3)21(25)23-18/h5-10,12-13,20H,4,11H2,1-3H3,(H,22,24)(H,23,25). The van der Waals surface area contributed by atoms with Gasteiger partial charge in [-0.2, -0.15) is 0 Å². The van der Waals surface area contributed by atoms with Crippen LogP contribution >= 0.6 is 0 Å². The van der Waals surface area contributed by atoms with E-state index in [9.17, 15) is 9.59 Å². The Bertz CT molecular complexity index is 813. The van der Waals surface area contributed by atoms with Crippen molar-refractivity contribution in [3.05, 3.63) is 53.6 Å². The topological polar surface area (TPSA) is 67.4 Å². The molecule has 2 N–H and O–H groups in total. The summed E-state index contributed by atoms with van der Waals surface area (Å²) in [5.41, 5.74) is 3.41. The first-order valence-electron chi connectivity index (χ1n) is 8.94. The van der Waals surface area contributed by atoms with E-state index in [1.54, 1.807) is 0 Å². The van der Waals surface area contributed by atoms with Gasteiger partial charge >= 0.3 is 0 Å². The Morgan fingerprint density at radius 1 is 1.19 bits per heavy atom. The highest BCUT2D eigenvalue weighted by atomic mass is 16.5. The van der Waals surface area contributed by atoms with Crippen molar-refractivity contribution in [1.29, 1.82) is 0 Å². The molecule has 0 radical (unpaired) electrons. The van der Waals surface area contributed by atoms with Gasteiger partial charge in [-0.1, -0.05) is 26.0 Å². The number of hydrogen-bond donors (Lipinski definition) is 2. The fraction of sp³-hybridized carbons (Fsp3) is 0.333. The number of amides is 2. The Kier molecular flexibility index (Phi) is 5.26. The molecule has 0 spiro atoms. The number of rotatable bonds is 6. The summed E-state index contributed by atoms with van der Waals surface area (Å²) in [6.07, 6.45) is 0.286. The van der Waals surface area contributed by atoms with Crippen LogP contribution in [0.25, 0.3) is 0 Å². The van der Waals surface area contributed by atoms with Crippen molar-refractivity contribution < 1.29 is 14.3 Å². The molecule has 2 aromatic rings. The van der Waals surface area contributed by atoms with Gasteiger partial charge in [0.1, 0.15) is 5.75 Å². The Balaban J connectivity index is 1.68. The van der Waals surface area contributed by atoms with Gasteiger partial charge in [-0.25, -0.2) is 0 Å². The molecular formula is C21H24N2O3. The Labute approximate surface area is 153 Å². The highest BCUT2D eigenvalue weighted by Gasteiger charge is 2.32. The summed E-state index contributed by atoms with van der Waals surface area (Å²) in [6, 6.07) is 13.1. The van der Waals surface area contributed by atoms with Crippen LogP contribution in [0.3, 0.4) is 0 Å². The lowest BCUT2D eigenvalue weighted by atomic mass is 9.89. The monoisotopic (exact) mass is 352 g/mol. The summed E-state index contributed by atoms with van der Waals surface area (Å²) in [5, 5.41) is 5.83. The second-order valence-electron chi connectivity index (χ2n) is 6.81. The molecule has 0 aromatic heterocycles. The number of ether oxygens (including phenoxy) is 1. The third-order valence-corrected chi connectivity index (χ3v) is 4.48. The first kappa shape index (κ1) is 18.0. The van der Waals surface area contributed by atoms with E-state index in [1.807, 2.05) is 63.2 Å². The maximum Gasteiger partial charge on any atom is 0.232 e. The predicted octanol–water partition coefficient (Wildman–Crippen LogP) is 3.96. The van der Waals surface area contributed by atoms with Gasteiger partial charge in [0.2, 0.25) is 11.8 Å². The maximum absolute atomic E-state index is 12.3. The molecule has 1 aliphatic rings. The fourth-order valence-electron chi connectivity index (χ4n) is 3.29. The molecule has 0 bridgehead atoms. The van der Waals surface area contributed by atoms with Crippen molar-refractivity contribution in [1.82, 2.24) is 0 Å². The van der Waals surface area contributed by atoms with Gasteiger partial charge in [0.15, 0.2) is 0 Å². The molecule has 1 aliphatic heterocycles. The maximum atomic E-state index is 12.3. The van der Waals surface area contributed by atoms with Crippen LogP contribution in [0, 0.1) is 5.92 Å². The van der Waals surface area contributed by atoms with Crippen molar-refractivity contribution in [3.63, 3.8) is 0 Å². The lowest BCUT2D eigenvalue weighted by molar-refractivity contribution is -0.118. The van der Waals surface area contributed by atoms with Gasteiger partial charge in [-0.3, -0.25) is 9.59 Å². The zero-order chi connectivity index (χ0) is 18.7. The molecule has 2 aromatic carbocycles. The van der Waals surface area contributed by atoms with Crippen molar-refractivity contribution in [2.24, 2.45) is 5.92 Å². The molecule has 3 rings (SSSR count). The SMILES string of the molecule is CCOc1ccc(CC(=O)Nc2ccc3c(c2)C(C(C)C)C(=O)N3)cc1. The fourth-order valence-corrected chi connectivity index (χ4v) is 3.29. The van der Waals surface area contributed by atoms with Crippen LogP contribution in [-0.4, -0.2) is 18.4 Å². The number of carbonyl (C=O) groups is 2. The van der Waals surface area contributed by atoms with E-state index in [0.29, 0.717) is 12.3 Å². The first-order chi connectivity index (χ1) is 12.5. The summed E-state index contributed by atoms with van der Waals surface area (Å²) in [5.74, 6) is 0.756. The molecule has 1 atom stereocenters. The largest absolute Gasteiger partial charge is 0.494 e. The molecule has 0 saturated carbocycles. The number of fused-ring (bicyclic) bond motifs is 1. The third-order valence-electron chi connectivity index (χ3n) is 4.48. The molecule has 0 aliphatic carbocycles. The number of nitrogens with one attached hydrogen (secondary N) is 2. The van der Waals surface area contributed by atoms with Gasteiger partial charge in [0.25, 0.3) is 0 Å². The molecule has 2 amide bonds. The van der Waals surface area contributed by atoms with Crippen molar-refractivity contribution in [2.75, 3.05) is 17.2 Å². The lowest BCUT2D eigenvalue weighted by Crippen LogP contribution is -2.17. The van der Waals surface area contributed by atoms with E-state index in [1.165, 1.54) is 0 Å². The number of anilines is 2. The van der Waals surface area contributed by atoms with Crippen molar-refractivity contribution in [2.45, 2.75) is 33.1 Å². The molecule has 0 fully saturated rings. The minimum Gasteiger partial charge on any atom is -0.494 e. The average molecular weight is 352 g/mol. The first-order valence-corrected chi connectivity index (χ1v) is 8.94. The minimum absolute atomic E-state index is 0.0212. The predicted molar refractivity (Wildman–Crippen MR) is 103 cm³/mol. The normalized spacial score (nSPS) is 15.5. The van der Waals surface area contributed by atoms with E-state index >= 15 is 0 Å². The van der Waals surface area contributed by atoms with Crippen LogP contribution in [0.15, 0.2) is 42.5 Å². The average Bonchev–Trinajstić information content (AvgIpc) is 2.92. The third kappa shape index (κ3) is 3.87. The Morgan fingerprint density at radius 3 is 2.58 bits per heavy atom. The molecular weight excluding hydrogens is 328 g/mol. The van der Waals surface area contributed by atoms with Gasteiger partial charge in [0, 0.05) is 11.4 Å². The minimum atomic E-state index is -0.173. The van der Waals surface area contributed by atoms with Crippen LogP contribution in [0.5, 0.6) is 5.75 Å². The number of carbonyl (C=O) groups excluding carboxylic acids is 2. The summed E-state index contributed by atoms with van der Waals surface area (Å²) in [6.45, 7) is 6.60. The molecule has 26 heavy (non-hydrogen) atoms. The molecule has 1 unspecified atom stereocenters. The van der Waals surface area contributed by atoms with Gasteiger partial charge in [-0.05, 0) is 54.3 Å². The van der Waals surface area contributed by atoms with Crippen LogP contribution < -0.4 is 15.4 Å². The van der Waals surface area contributed by atoms with E-state index in [4.69, 9.17) is 4.74 Å². The van der Waals surface area contributed by atoms with E-state index in [-0.39, 0.29) is 30.1 Å². The molecule has 0 saturated heterocycles.